The fraction of sp³-hybridized carbons (Fsp3) is 0.400. The van der Waals surface area contributed by atoms with Crippen molar-refractivity contribution in [3.63, 3.8) is 0 Å². The molecule has 0 amide bonds. The molecule has 2 atom stereocenters. The molecule has 1 aliphatic heterocycles. The Balaban J connectivity index is 2.41. The maximum absolute atomic E-state index is 3.35. The van der Waals surface area contributed by atoms with Crippen LogP contribution in [0.1, 0.15) is 13.8 Å². The molecule has 0 fully saturated rings. The van der Waals surface area contributed by atoms with Crippen molar-refractivity contribution in [3.05, 3.63) is 36.1 Å². The summed E-state index contributed by atoms with van der Waals surface area (Å²) >= 11 is 0. The van der Waals surface area contributed by atoms with Crippen molar-refractivity contribution in [2.75, 3.05) is 0 Å². The van der Waals surface area contributed by atoms with Gasteiger partial charge in [-0.15, -0.1) is 0 Å². The fourth-order valence-electron chi connectivity index (χ4n) is 1.71. The van der Waals surface area contributed by atoms with Crippen molar-refractivity contribution in [2.45, 2.75) is 19.9 Å². The average Bonchev–Trinajstić information content (AvgIpc) is 2.29. The molecule has 2 rings (SSSR count). The van der Waals surface area contributed by atoms with E-state index in [1.807, 2.05) is 0 Å². The molecule has 1 N–H and O–H groups in total. The van der Waals surface area contributed by atoms with Gasteiger partial charge in [0.2, 0.25) is 0 Å². The van der Waals surface area contributed by atoms with Crippen molar-refractivity contribution in [1.29, 1.82) is 0 Å². The zero-order chi connectivity index (χ0) is 7.90. The zero-order valence-electron chi connectivity index (χ0n) is 6.96. The smallest absolute Gasteiger partial charge is 0.0568 e. The SMILES string of the molecule is CC1=CNC2C=CC=CC12C. The van der Waals surface area contributed by atoms with Crippen LogP contribution in [0.4, 0.5) is 0 Å². The van der Waals surface area contributed by atoms with Gasteiger partial charge >= 0.3 is 0 Å². The van der Waals surface area contributed by atoms with Gasteiger partial charge < -0.3 is 5.32 Å². The third kappa shape index (κ3) is 0.770. The summed E-state index contributed by atoms with van der Waals surface area (Å²) in [5.74, 6) is 0. The molecule has 2 aliphatic rings. The molecule has 1 aliphatic carbocycles. The minimum Gasteiger partial charge on any atom is -0.383 e. The first-order valence-corrected chi connectivity index (χ1v) is 4.03. The lowest BCUT2D eigenvalue weighted by Crippen LogP contribution is -2.34. The fourth-order valence-corrected chi connectivity index (χ4v) is 1.71. The molecular formula is C10H13N. The van der Waals surface area contributed by atoms with Gasteiger partial charge in [-0.3, -0.25) is 0 Å². The zero-order valence-corrected chi connectivity index (χ0v) is 6.96. The van der Waals surface area contributed by atoms with Crippen LogP contribution in [0.5, 0.6) is 0 Å². The molecule has 0 saturated heterocycles. The normalized spacial score (nSPS) is 39.8. The topological polar surface area (TPSA) is 12.0 Å². The Labute approximate surface area is 67.5 Å². The molecule has 0 aromatic carbocycles. The third-order valence-corrected chi connectivity index (χ3v) is 2.83. The Hall–Kier alpha value is -0.980. The van der Waals surface area contributed by atoms with Gasteiger partial charge in [0.25, 0.3) is 0 Å². The summed E-state index contributed by atoms with van der Waals surface area (Å²) in [5, 5.41) is 3.35. The monoisotopic (exact) mass is 147 g/mol. The summed E-state index contributed by atoms with van der Waals surface area (Å²) in [6.07, 6.45) is 10.8. The van der Waals surface area contributed by atoms with Gasteiger partial charge in [0.05, 0.1) is 6.04 Å². The Morgan fingerprint density at radius 1 is 1.45 bits per heavy atom. The lowest BCUT2D eigenvalue weighted by Gasteiger charge is -2.29. The van der Waals surface area contributed by atoms with Crippen LogP contribution in [0.2, 0.25) is 0 Å². The van der Waals surface area contributed by atoms with Gasteiger partial charge in [-0.05, 0) is 25.6 Å². The molecule has 11 heavy (non-hydrogen) atoms. The molecule has 2 unspecified atom stereocenters. The maximum atomic E-state index is 3.35. The van der Waals surface area contributed by atoms with E-state index in [9.17, 15) is 0 Å². The van der Waals surface area contributed by atoms with Crippen LogP contribution in [-0.2, 0) is 0 Å². The van der Waals surface area contributed by atoms with E-state index >= 15 is 0 Å². The van der Waals surface area contributed by atoms with Crippen molar-refractivity contribution >= 4 is 0 Å². The largest absolute Gasteiger partial charge is 0.383 e. The first-order chi connectivity index (χ1) is 5.23. The quantitative estimate of drug-likeness (QED) is 0.552. The summed E-state index contributed by atoms with van der Waals surface area (Å²) in [6, 6.07) is 0.479. The standard InChI is InChI=1S/C10H13N/c1-8-7-11-9-5-3-4-6-10(8,9)2/h3-7,9,11H,1-2H3. The summed E-state index contributed by atoms with van der Waals surface area (Å²) in [7, 11) is 0. The number of fused-ring (bicyclic) bond motifs is 1. The Morgan fingerprint density at radius 3 is 3.00 bits per heavy atom. The Bertz CT molecular complexity index is 260. The number of rotatable bonds is 0. The number of hydrogen-bond donors (Lipinski definition) is 1. The van der Waals surface area contributed by atoms with E-state index in [-0.39, 0.29) is 5.41 Å². The second-order valence-electron chi connectivity index (χ2n) is 3.50. The van der Waals surface area contributed by atoms with Crippen molar-refractivity contribution in [1.82, 2.24) is 5.32 Å². The number of nitrogens with one attached hydrogen (secondary N) is 1. The van der Waals surface area contributed by atoms with Gasteiger partial charge in [-0.1, -0.05) is 24.3 Å². The number of allylic oxidation sites excluding steroid dienone is 2. The van der Waals surface area contributed by atoms with E-state index in [0.29, 0.717) is 6.04 Å². The average molecular weight is 147 g/mol. The second kappa shape index (κ2) is 2.00. The predicted molar refractivity (Wildman–Crippen MR) is 47.1 cm³/mol. The molecule has 0 aromatic rings. The first kappa shape index (κ1) is 6.71. The predicted octanol–water partition coefficient (Wildman–Crippen LogP) is 1.99. The van der Waals surface area contributed by atoms with Crippen molar-refractivity contribution in [2.24, 2.45) is 5.41 Å². The Kier molecular flexibility index (Phi) is 1.22. The van der Waals surface area contributed by atoms with E-state index in [1.54, 1.807) is 0 Å². The molecule has 58 valence electrons. The van der Waals surface area contributed by atoms with E-state index in [1.165, 1.54) is 5.57 Å². The van der Waals surface area contributed by atoms with Crippen LogP contribution in [0.25, 0.3) is 0 Å². The molecule has 1 heteroatoms. The molecular weight excluding hydrogens is 134 g/mol. The summed E-state index contributed by atoms with van der Waals surface area (Å²) in [4.78, 5) is 0. The van der Waals surface area contributed by atoms with E-state index in [2.05, 4.69) is 49.7 Å². The highest BCUT2D eigenvalue weighted by atomic mass is 14.9. The van der Waals surface area contributed by atoms with Crippen molar-refractivity contribution < 1.29 is 0 Å². The van der Waals surface area contributed by atoms with Crippen LogP contribution in [-0.4, -0.2) is 6.04 Å². The van der Waals surface area contributed by atoms with Gasteiger partial charge in [-0.2, -0.15) is 0 Å². The molecule has 1 heterocycles. The van der Waals surface area contributed by atoms with E-state index in [0.717, 1.165) is 0 Å². The maximum Gasteiger partial charge on any atom is 0.0568 e. The minimum atomic E-state index is 0.231. The highest BCUT2D eigenvalue weighted by molar-refractivity contribution is 5.36. The Morgan fingerprint density at radius 2 is 2.27 bits per heavy atom. The molecule has 1 nitrogen and oxygen atoms in total. The van der Waals surface area contributed by atoms with Crippen LogP contribution in [0.3, 0.4) is 0 Å². The molecule has 0 bridgehead atoms. The third-order valence-electron chi connectivity index (χ3n) is 2.83. The number of hydrogen-bond acceptors (Lipinski definition) is 1. The van der Waals surface area contributed by atoms with Crippen LogP contribution in [0, 0.1) is 5.41 Å². The molecule has 0 saturated carbocycles. The first-order valence-electron chi connectivity index (χ1n) is 4.03. The summed E-state index contributed by atoms with van der Waals surface area (Å²) in [6.45, 7) is 4.44. The molecule has 0 radical (unpaired) electrons. The summed E-state index contributed by atoms with van der Waals surface area (Å²) < 4.78 is 0. The van der Waals surface area contributed by atoms with Crippen LogP contribution < -0.4 is 5.32 Å². The van der Waals surface area contributed by atoms with Gasteiger partial charge in [-0.25, -0.2) is 0 Å². The van der Waals surface area contributed by atoms with Gasteiger partial charge in [0.15, 0.2) is 0 Å². The molecule has 0 spiro atoms. The second-order valence-corrected chi connectivity index (χ2v) is 3.50. The highest BCUT2D eigenvalue weighted by Gasteiger charge is 2.36. The van der Waals surface area contributed by atoms with Crippen LogP contribution >= 0.6 is 0 Å². The summed E-state index contributed by atoms with van der Waals surface area (Å²) in [5.41, 5.74) is 1.65. The van der Waals surface area contributed by atoms with E-state index < -0.39 is 0 Å². The van der Waals surface area contributed by atoms with Gasteiger partial charge in [0.1, 0.15) is 0 Å². The van der Waals surface area contributed by atoms with Crippen LogP contribution in [0.15, 0.2) is 36.1 Å². The highest BCUT2D eigenvalue weighted by Crippen LogP contribution is 2.38. The molecule has 0 aromatic heterocycles. The van der Waals surface area contributed by atoms with Crippen molar-refractivity contribution in [3.8, 4) is 0 Å². The lowest BCUT2D eigenvalue weighted by atomic mass is 9.76. The lowest BCUT2D eigenvalue weighted by molar-refractivity contribution is 0.451. The van der Waals surface area contributed by atoms with Gasteiger partial charge in [0, 0.05) is 5.41 Å². The van der Waals surface area contributed by atoms with E-state index in [4.69, 9.17) is 0 Å². The minimum absolute atomic E-state index is 0.231.